The smallest absolute Gasteiger partial charge is 0.303 e. The largest absolute Gasteiger partial charge is 0.481 e. The zero-order valence-corrected chi connectivity index (χ0v) is 10.5. The molecule has 2 N–H and O–H groups in total. The van der Waals surface area contributed by atoms with Crippen molar-refractivity contribution in [1.82, 2.24) is 0 Å². The SMILES string of the molecule is CCC(C)(CC(=O)O)CC(C)(C)CC(=O)O. The molecule has 0 aliphatic carbocycles. The summed E-state index contributed by atoms with van der Waals surface area (Å²) in [4.78, 5) is 21.5. The topological polar surface area (TPSA) is 74.6 Å². The van der Waals surface area contributed by atoms with E-state index in [0.717, 1.165) is 6.42 Å². The molecule has 0 saturated heterocycles. The molecule has 0 spiro atoms. The third kappa shape index (κ3) is 5.73. The molecule has 0 aromatic rings. The molecule has 0 bridgehead atoms. The molecule has 16 heavy (non-hydrogen) atoms. The first-order valence-electron chi connectivity index (χ1n) is 5.54. The molecule has 0 aromatic heterocycles. The lowest BCUT2D eigenvalue weighted by Gasteiger charge is -2.35. The Labute approximate surface area is 96.7 Å². The molecule has 4 heteroatoms. The van der Waals surface area contributed by atoms with E-state index >= 15 is 0 Å². The van der Waals surface area contributed by atoms with Gasteiger partial charge in [0.1, 0.15) is 0 Å². The van der Waals surface area contributed by atoms with E-state index in [4.69, 9.17) is 10.2 Å². The molecular formula is C12H22O4. The van der Waals surface area contributed by atoms with Crippen LogP contribution in [0.4, 0.5) is 0 Å². The van der Waals surface area contributed by atoms with Gasteiger partial charge in [0, 0.05) is 0 Å². The van der Waals surface area contributed by atoms with Crippen LogP contribution in [0.1, 0.15) is 53.4 Å². The fourth-order valence-electron chi connectivity index (χ4n) is 2.30. The van der Waals surface area contributed by atoms with E-state index in [2.05, 4.69) is 0 Å². The quantitative estimate of drug-likeness (QED) is 0.705. The predicted molar refractivity (Wildman–Crippen MR) is 61.3 cm³/mol. The summed E-state index contributed by atoms with van der Waals surface area (Å²) in [6, 6.07) is 0. The lowest BCUT2D eigenvalue weighted by molar-refractivity contribution is -0.140. The second kappa shape index (κ2) is 5.32. The van der Waals surface area contributed by atoms with Crippen molar-refractivity contribution in [3.63, 3.8) is 0 Å². The van der Waals surface area contributed by atoms with Gasteiger partial charge in [-0.1, -0.05) is 34.1 Å². The van der Waals surface area contributed by atoms with Gasteiger partial charge in [-0.3, -0.25) is 9.59 Å². The first-order chi connectivity index (χ1) is 7.10. The fourth-order valence-corrected chi connectivity index (χ4v) is 2.30. The number of carboxylic acids is 2. The fraction of sp³-hybridized carbons (Fsp3) is 0.833. The van der Waals surface area contributed by atoms with Gasteiger partial charge >= 0.3 is 11.9 Å². The first-order valence-corrected chi connectivity index (χ1v) is 5.54. The van der Waals surface area contributed by atoms with E-state index in [0.29, 0.717) is 6.42 Å². The summed E-state index contributed by atoms with van der Waals surface area (Å²) in [5.41, 5.74) is -0.698. The van der Waals surface area contributed by atoms with Gasteiger partial charge in [0.2, 0.25) is 0 Å². The molecule has 4 nitrogen and oxygen atoms in total. The molecule has 0 radical (unpaired) electrons. The lowest BCUT2D eigenvalue weighted by Crippen LogP contribution is -2.29. The van der Waals surface area contributed by atoms with Gasteiger partial charge in [-0.2, -0.15) is 0 Å². The van der Waals surface area contributed by atoms with E-state index in [1.54, 1.807) is 0 Å². The van der Waals surface area contributed by atoms with Crippen molar-refractivity contribution in [3.8, 4) is 0 Å². The number of aliphatic carboxylic acids is 2. The Hall–Kier alpha value is -1.06. The van der Waals surface area contributed by atoms with Crippen LogP contribution < -0.4 is 0 Å². The lowest BCUT2D eigenvalue weighted by atomic mass is 9.69. The Morgan fingerprint density at radius 3 is 1.75 bits per heavy atom. The van der Waals surface area contributed by atoms with Crippen LogP contribution in [-0.4, -0.2) is 22.2 Å². The van der Waals surface area contributed by atoms with Gasteiger partial charge in [-0.15, -0.1) is 0 Å². The Bertz CT molecular complexity index is 270. The maximum atomic E-state index is 10.8. The van der Waals surface area contributed by atoms with Crippen molar-refractivity contribution in [2.45, 2.75) is 53.4 Å². The van der Waals surface area contributed by atoms with Crippen molar-refractivity contribution in [3.05, 3.63) is 0 Å². The van der Waals surface area contributed by atoms with Crippen LogP contribution in [-0.2, 0) is 9.59 Å². The van der Waals surface area contributed by atoms with E-state index in [9.17, 15) is 9.59 Å². The van der Waals surface area contributed by atoms with Crippen molar-refractivity contribution in [2.24, 2.45) is 10.8 Å². The molecule has 0 amide bonds. The average molecular weight is 230 g/mol. The Morgan fingerprint density at radius 1 is 1.00 bits per heavy atom. The summed E-state index contributed by atoms with van der Waals surface area (Å²) in [6.07, 6.45) is 1.51. The summed E-state index contributed by atoms with van der Waals surface area (Å²) in [5.74, 6) is -1.66. The Kier molecular flexibility index (Phi) is 4.97. The van der Waals surface area contributed by atoms with Gasteiger partial charge in [0.25, 0.3) is 0 Å². The van der Waals surface area contributed by atoms with Gasteiger partial charge in [-0.25, -0.2) is 0 Å². The van der Waals surface area contributed by atoms with Gasteiger partial charge in [0.05, 0.1) is 12.8 Å². The summed E-state index contributed by atoms with van der Waals surface area (Å²) in [6.45, 7) is 7.60. The van der Waals surface area contributed by atoms with Gasteiger partial charge in [-0.05, 0) is 17.3 Å². The molecule has 0 aliphatic heterocycles. The van der Waals surface area contributed by atoms with E-state index in [1.807, 2.05) is 27.7 Å². The molecule has 0 heterocycles. The highest BCUT2D eigenvalue weighted by atomic mass is 16.4. The van der Waals surface area contributed by atoms with Crippen molar-refractivity contribution < 1.29 is 19.8 Å². The molecule has 0 aromatic carbocycles. The second-order valence-electron chi connectivity index (χ2n) is 5.65. The van der Waals surface area contributed by atoms with Crippen LogP contribution in [0.15, 0.2) is 0 Å². The zero-order chi connectivity index (χ0) is 13.0. The van der Waals surface area contributed by atoms with Crippen LogP contribution in [0.2, 0.25) is 0 Å². The highest BCUT2D eigenvalue weighted by Gasteiger charge is 2.34. The molecule has 1 unspecified atom stereocenters. The van der Waals surface area contributed by atoms with E-state index < -0.39 is 11.9 Å². The molecule has 0 aliphatic rings. The highest BCUT2D eigenvalue weighted by Crippen LogP contribution is 2.40. The number of carbonyl (C=O) groups is 2. The Morgan fingerprint density at radius 2 is 1.44 bits per heavy atom. The highest BCUT2D eigenvalue weighted by molar-refractivity contribution is 5.68. The summed E-state index contributed by atoms with van der Waals surface area (Å²) >= 11 is 0. The molecule has 0 rings (SSSR count). The van der Waals surface area contributed by atoms with Gasteiger partial charge in [0.15, 0.2) is 0 Å². The third-order valence-electron chi connectivity index (χ3n) is 2.97. The number of hydrogen-bond acceptors (Lipinski definition) is 2. The summed E-state index contributed by atoms with van der Waals surface area (Å²) in [5, 5.41) is 17.6. The standard InChI is InChI=1S/C12H22O4/c1-5-12(4,7-10(15)16)8-11(2,3)6-9(13)14/h5-8H2,1-4H3,(H,13,14)(H,15,16). The molecule has 94 valence electrons. The summed E-state index contributed by atoms with van der Waals surface area (Å²) < 4.78 is 0. The first kappa shape index (κ1) is 14.9. The predicted octanol–water partition coefficient (Wildman–Crippen LogP) is 2.77. The van der Waals surface area contributed by atoms with E-state index in [1.165, 1.54) is 0 Å². The van der Waals surface area contributed by atoms with Crippen molar-refractivity contribution in [2.75, 3.05) is 0 Å². The number of hydrogen-bond donors (Lipinski definition) is 2. The minimum absolute atomic E-state index is 0.0716. The summed E-state index contributed by atoms with van der Waals surface area (Å²) in [7, 11) is 0. The van der Waals surface area contributed by atoms with Gasteiger partial charge < -0.3 is 10.2 Å². The number of rotatable bonds is 7. The monoisotopic (exact) mass is 230 g/mol. The molecular weight excluding hydrogens is 208 g/mol. The average Bonchev–Trinajstić information content (AvgIpc) is 1.98. The third-order valence-corrected chi connectivity index (χ3v) is 2.97. The van der Waals surface area contributed by atoms with Crippen LogP contribution in [0.25, 0.3) is 0 Å². The maximum absolute atomic E-state index is 10.8. The zero-order valence-electron chi connectivity index (χ0n) is 10.5. The minimum Gasteiger partial charge on any atom is -0.481 e. The second-order valence-corrected chi connectivity index (χ2v) is 5.65. The van der Waals surface area contributed by atoms with Crippen LogP contribution in [0, 0.1) is 10.8 Å². The molecule has 0 fully saturated rings. The number of carboxylic acid groups (broad SMARTS) is 2. The van der Waals surface area contributed by atoms with E-state index in [-0.39, 0.29) is 23.7 Å². The normalized spacial score (nSPS) is 15.5. The van der Waals surface area contributed by atoms with Crippen LogP contribution in [0.5, 0.6) is 0 Å². The minimum atomic E-state index is -0.834. The van der Waals surface area contributed by atoms with Crippen molar-refractivity contribution in [1.29, 1.82) is 0 Å². The van der Waals surface area contributed by atoms with Crippen LogP contribution in [0.3, 0.4) is 0 Å². The van der Waals surface area contributed by atoms with Crippen LogP contribution >= 0.6 is 0 Å². The molecule has 0 saturated carbocycles. The molecule has 1 atom stereocenters. The van der Waals surface area contributed by atoms with Crippen molar-refractivity contribution >= 4 is 11.9 Å². The maximum Gasteiger partial charge on any atom is 0.303 e. The Balaban J connectivity index is 4.62.